The number of ketones is 1. The van der Waals surface area contributed by atoms with E-state index >= 15 is 0 Å². The van der Waals surface area contributed by atoms with Gasteiger partial charge in [0.2, 0.25) is 0 Å². The molecular weight excluding hydrogens is 320 g/mol. The minimum absolute atomic E-state index is 0.0450. The first kappa shape index (κ1) is 14.2. The Hall–Kier alpha value is -0.710. The molecule has 1 aromatic carbocycles. The van der Waals surface area contributed by atoms with Crippen LogP contribution in [-0.2, 0) is 9.47 Å². The molecule has 2 aliphatic rings. The van der Waals surface area contributed by atoms with Crippen LogP contribution in [0.3, 0.4) is 0 Å². The van der Waals surface area contributed by atoms with E-state index in [1.807, 2.05) is 25.1 Å². The van der Waals surface area contributed by atoms with Gasteiger partial charge in [-0.3, -0.25) is 4.79 Å². The number of carbonyl (C=O) groups excluding carboxylic acids is 1. The van der Waals surface area contributed by atoms with Crippen molar-refractivity contribution in [1.29, 1.82) is 0 Å². The van der Waals surface area contributed by atoms with Crippen molar-refractivity contribution in [3.8, 4) is 0 Å². The van der Waals surface area contributed by atoms with Crippen molar-refractivity contribution in [1.82, 2.24) is 0 Å². The van der Waals surface area contributed by atoms with Gasteiger partial charge in [0.05, 0.1) is 12.2 Å². The molecule has 0 radical (unpaired) electrons. The third kappa shape index (κ3) is 2.69. The number of hydrogen-bond acceptors (Lipinski definition) is 3. The standard InChI is InChI=1S/C16H19BrO3/c1-11-2-3-14(17)13(8-11)15(18)12-4-6-20-16(9-12)5-7-19-10-16/h2-3,8,12H,4-7,9-10H2,1H3. The highest BCUT2D eigenvalue weighted by Crippen LogP contribution is 2.37. The second kappa shape index (κ2) is 5.58. The lowest BCUT2D eigenvalue weighted by Crippen LogP contribution is -2.42. The molecule has 0 saturated carbocycles. The van der Waals surface area contributed by atoms with Gasteiger partial charge in [0.15, 0.2) is 5.78 Å². The summed E-state index contributed by atoms with van der Waals surface area (Å²) in [6.07, 6.45) is 2.50. The minimum Gasteiger partial charge on any atom is -0.378 e. The predicted octanol–water partition coefficient (Wildman–Crippen LogP) is 3.53. The Balaban J connectivity index is 1.81. The molecule has 3 nitrogen and oxygen atoms in total. The van der Waals surface area contributed by atoms with E-state index < -0.39 is 0 Å². The lowest BCUT2D eigenvalue weighted by atomic mass is 9.81. The maximum Gasteiger partial charge on any atom is 0.167 e. The molecule has 2 saturated heterocycles. The van der Waals surface area contributed by atoms with Crippen LogP contribution in [0.15, 0.2) is 22.7 Å². The van der Waals surface area contributed by atoms with E-state index in [1.54, 1.807) is 0 Å². The van der Waals surface area contributed by atoms with Crippen LogP contribution in [0.4, 0.5) is 0 Å². The smallest absolute Gasteiger partial charge is 0.167 e. The van der Waals surface area contributed by atoms with Gasteiger partial charge in [0.25, 0.3) is 0 Å². The van der Waals surface area contributed by atoms with Crippen LogP contribution in [0.25, 0.3) is 0 Å². The summed E-state index contributed by atoms with van der Waals surface area (Å²) in [7, 11) is 0. The lowest BCUT2D eigenvalue weighted by Gasteiger charge is -2.36. The van der Waals surface area contributed by atoms with Crippen molar-refractivity contribution in [2.45, 2.75) is 31.8 Å². The SMILES string of the molecule is Cc1ccc(Br)c(C(=O)C2CCOC3(CCOC3)C2)c1. The minimum atomic E-state index is -0.213. The zero-order valence-electron chi connectivity index (χ0n) is 11.7. The Morgan fingerprint density at radius 2 is 2.25 bits per heavy atom. The largest absolute Gasteiger partial charge is 0.378 e. The summed E-state index contributed by atoms with van der Waals surface area (Å²) in [5.41, 5.74) is 1.70. The number of halogens is 1. The predicted molar refractivity (Wildman–Crippen MR) is 80.1 cm³/mol. The average Bonchev–Trinajstić information content (AvgIpc) is 2.88. The molecule has 1 aromatic rings. The summed E-state index contributed by atoms with van der Waals surface area (Å²) >= 11 is 3.50. The number of carbonyl (C=O) groups is 1. The van der Waals surface area contributed by atoms with Crippen LogP contribution in [0.5, 0.6) is 0 Å². The summed E-state index contributed by atoms with van der Waals surface area (Å²) in [5, 5.41) is 0. The van der Waals surface area contributed by atoms with Crippen molar-refractivity contribution < 1.29 is 14.3 Å². The Kier molecular flexibility index (Phi) is 3.98. The van der Waals surface area contributed by atoms with Crippen molar-refractivity contribution in [2.24, 2.45) is 5.92 Å². The van der Waals surface area contributed by atoms with Crippen LogP contribution in [0, 0.1) is 12.8 Å². The molecule has 0 amide bonds. The molecule has 2 aliphatic heterocycles. The number of Topliss-reactive ketones (excluding diaryl/α,β-unsaturated/α-hetero) is 1. The normalized spacial score (nSPS) is 29.8. The van der Waals surface area contributed by atoms with Crippen LogP contribution in [-0.4, -0.2) is 31.2 Å². The van der Waals surface area contributed by atoms with Crippen LogP contribution in [0.1, 0.15) is 35.2 Å². The monoisotopic (exact) mass is 338 g/mol. The molecule has 3 rings (SSSR count). The fraction of sp³-hybridized carbons (Fsp3) is 0.562. The summed E-state index contributed by atoms with van der Waals surface area (Å²) in [5.74, 6) is 0.277. The second-order valence-corrected chi connectivity index (χ2v) is 6.73. The van der Waals surface area contributed by atoms with Crippen molar-refractivity contribution in [2.75, 3.05) is 19.8 Å². The molecule has 0 bridgehead atoms. The molecule has 0 aromatic heterocycles. The third-order valence-electron chi connectivity index (χ3n) is 4.32. The van der Waals surface area contributed by atoms with Crippen molar-refractivity contribution >= 4 is 21.7 Å². The fourth-order valence-electron chi connectivity index (χ4n) is 3.16. The molecule has 0 aliphatic carbocycles. The van der Waals surface area contributed by atoms with Gasteiger partial charge >= 0.3 is 0 Å². The van der Waals surface area contributed by atoms with Crippen LogP contribution in [0.2, 0.25) is 0 Å². The zero-order valence-corrected chi connectivity index (χ0v) is 13.2. The summed E-state index contributed by atoms with van der Waals surface area (Å²) in [6.45, 7) is 4.05. The maximum absolute atomic E-state index is 12.8. The molecule has 2 unspecified atom stereocenters. The van der Waals surface area contributed by atoms with Gasteiger partial charge in [-0.1, -0.05) is 27.6 Å². The van der Waals surface area contributed by atoms with Gasteiger partial charge < -0.3 is 9.47 Å². The quantitative estimate of drug-likeness (QED) is 0.774. The summed E-state index contributed by atoms with van der Waals surface area (Å²) in [6, 6.07) is 5.94. The molecular formula is C16H19BrO3. The molecule has 2 heterocycles. The molecule has 4 heteroatoms. The van der Waals surface area contributed by atoms with E-state index in [0.717, 1.165) is 41.5 Å². The zero-order chi connectivity index (χ0) is 14.2. The average molecular weight is 339 g/mol. The topological polar surface area (TPSA) is 35.5 Å². The molecule has 20 heavy (non-hydrogen) atoms. The molecule has 2 atom stereocenters. The lowest BCUT2D eigenvalue weighted by molar-refractivity contribution is -0.0920. The van der Waals surface area contributed by atoms with E-state index in [1.165, 1.54) is 0 Å². The summed E-state index contributed by atoms with van der Waals surface area (Å²) < 4.78 is 12.3. The van der Waals surface area contributed by atoms with Gasteiger partial charge in [-0.2, -0.15) is 0 Å². The van der Waals surface area contributed by atoms with Crippen molar-refractivity contribution in [3.63, 3.8) is 0 Å². The first-order valence-corrected chi connectivity index (χ1v) is 7.91. The number of ether oxygens (including phenoxy) is 2. The van der Waals surface area contributed by atoms with Gasteiger partial charge in [0, 0.05) is 35.6 Å². The van der Waals surface area contributed by atoms with Crippen molar-refractivity contribution in [3.05, 3.63) is 33.8 Å². The Bertz CT molecular complexity index is 520. The fourth-order valence-corrected chi connectivity index (χ4v) is 3.60. The highest BCUT2D eigenvalue weighted by Gasteiger charge is 2.43. The molecule has 1 spiro atoms. The van der Waals surface area contributed by atoms with Crippen LogP contribution >= 0.6 is 15.9 Å². The Labute approximate surface area is 127 Å². The van der Waals surface area contributed by atoms with Gasteiger partial charge in [-0.25, -0.2) is 0 Å². The highest BCUT2D eigenvalue weighted by molar-refractivity contribution is 9.10. The molecule has 108 valence electrons. The van der Waals surface area contributed by atoms with E-state index in [-0.39, 0.29) is 17.3 Å². The maximum atomic E-state index is 12.8. The highest BCUT2D eigenvalue weighted by atomic mass is 79.9. The Morgan fingerprint density at radius 1 is 1.40 bits per heavy atom. The number of rotatable bonds is 2. The van der Waals surface area contributed by atoms with Gasteiger partial charge in [-0.05, 0) is 31.9 Å². The van der Waals surface area contributed by atoms with E-state index in [9.17, 15) is 4.79 Å². The molecule has 2 fully saturated rings. The third-order valence-corrected chi connectivity index (χ3v) is 5.01. The van der Waals surface area contributed by atoms with Crippen LogP contribution < -0.4 is 0 Å². The number of aryl methyl sites for hydroxylation is 1. The second-order valence-electron chi connectivity index (χ2n) is 5.87. The first-order valence-electron chi connectivity index (χ1n) is 7.12. The number of benzene rings is 1. The molecule has 0 N–H and O–H groups in total. The number of hydrogen-bond donors (Lipinski definition) is 0. The van der Waals surface area contributed by atoms with E-state index in [4.69, 9.17) is 9.47 Å². The van der Waals surface area contributed by atoms with Gasteiger partial charge in [-0.15, -0.1) is 0 Å². The first-order chi connectivity index (χ1) is 9.60. The van der Waals surface area contributed by atoms with E-state index in [2.05, 4.69) is 15.9 Å². The van der Waals surface area contributed by atoms with Gasteiger partial charge in [0.1, 0.15) is 0 Å². The Morgan fingerprint density at radius 3 is 3.00 bits per heavy atom. The van der Waals surface area contributed by atoms with E-state index in [0.29, 0.717) is 13.2 Å². The summed E-state index contributed by atoms with van der Waals surface area (Å²) in [4.78, 5) is 12.8.